The van der Waals surface area contributed by atoms with E-state index in [4.69, 9.17) is 10.5 Å². The Morgan fingerprint density at radius 1 is 0.933 bits per heavy atom. The van der Waals surface area contributed by atoms with Gasteiger partial charge in [0, 0.05) is 12.6 Å². The summed E-state index contributed by atoms with van der Waals surface area (Å²) in [4.78, 5) is 34.9. The van der Waals surface area contributed by atoms with Crippen LogP contribution in [0.3, 0.4) is 0 Å². The fraction of sp³-hybridized carbons (Fsp3) is 0.286. The lowest BCUT2D eigenvalue weighted by Crippen LogP contribution is -2.48. The summed E-state index contributed by atoms with van der Waals surface area (Å²) >= 11 is 0. The molecule has 0 bridgehead atoms. The summed E-state index contributed by atoms with van der Waals surface area (Å²) in [5.74, 6) is -1.17. The predicted octanol–water partition coefficient (Wildman–Crippen LogP) is -0.0116. The van der Waals surface area contributed by atoms with Gasteiger partial charge in [0.05, 0.1) is 6.42 Å². The van der Waals surface area contributed by atoms with Gasteiger partial charge in [-0.1, -0.05) is 48.5 Å². The van der Waals surface area contributed by atoms with Crippen LogP contribution in [0.15, 0.2) is 54.6 Å². The smallest absolute Gasteiger partial charge is 0.258 e. The van der Waals surface area contributed by atoms with E-state index in [2.05, 4.69) is 22.1 Å². The molecule has 2 aromatic rings. The van der Waals surface area contributed by atoms with E-state index in [1.807, 2.05) is 42.5 Å². The molecule has 8 N–H and O–H groups in total. The first-order chi connectivity index (χ1) is 14.5. The van der Waals surface area contributed by atoms with Crippen LogP contribution >= 0.6 is 0 Å². The highest BCUT2D eigenvalue weighted by Crippen LogP contribution is 2.29. The molecule has 0 unspecified atom stereocenters. The molecule has 0 aromatic heterocycles. The van der Waals surface area contributed by atoms with Crippen molar-refractivity contribution in [2.45, 2.75) is 12.5 Å². The molecule has 164 valence electrons. The topological polar surface area (TPSA) is 163 Å². The minimum atomic E-state index is -1.03. The molecule has 2 rings (SSSR count). The number of carbonyl (C=O) groups is 3. The van der Waals surface area contributed by atoms with Gasteiger partial charge in [0.15, 0.2) is 6.61 Å². The minimum Gasteiger partial charge on any atom is -0.483 e. The number of hydrogen-bond donors (Lipinski definition) is 5. The average Bonchev–Trinajstić information content (AvgIpc) is 2.80. The molecule has 9 heteroatoms. The first-order valence-electron chi connectivity index (χ1n) is 9.23. The predicted molar refractivity (Wildman–Crippen MR) is 117 cm³/mol. The molecular weight excluding hydrogens is 386 g/mol. The lowest BCUT2D eigenvalue weighted by Gasteiger charge is -2.16. The SMILES string of the molecule is CN.CN.CNC(=O)[C@H](CC(N)=O)NC(=O)COc1ccccc1-c1ccccc1. The van der Waals surface area contributed by atoms with Crippen molar-refractivity contribution in [3.63, 3.8) is 0 Å². The molecule has 0 saturated heterocycles. The molecule has 0 fully saturated rings. The zero-order valence-electron chi connectivity index (χ0n) is 17.6. The van der Waals surface area contributed by atoms with Crippen LogP contribution in [0.1, 0.15) is 6.42 Å². The standard InChI is InChI=1S/C19H21N3O4.2CH5N/c1-21-19(25)15(11-17(20)23)22-18(24)12-26-16-10-6-5-9-14(16)13-7-3-2-4-8-13;2*1-2/h2-10,15H,11-12H2,1H3,(H2,20,23)(H,21,25)(H,22,24);2*2H2,1H3/t15-;;/m0../s1. The number of carbonyl (C=O) groups excluding carboxylic acids is 3. The van der Waals surface area contributed by atoms with Gasteiger partial charge in [-0.3, -0.25) is 14.4 Å². The summed E-state index contributed by atoms with van der Waals surface area (Å²) in [6.45, 7) is -0.296. The van der Waals surface area contributed by atoms with Crippen LogP contribution in [-0.2, 0) is 14.4 Å². The fourth-order valence-electron chi connectivity index (χ4n) is 2.41. The number of primary amides is 1. The van der Waals surface area contributed by atoms with Crippen LogP contribution in [0.25, 0.3) is 11.1 Å². The van der Waals surface area contributed by atoms with Crippen LogP contribution in [0.4, 0.5) is 0 Å². The Kier molecular flexibility index (Phi) is 13.7. The number of rotatable bonds is 8. The second kappa shape index (κ2) is 15.5. The molecule has 0 aliphatic carbocycles. The van der Waals surface area contributed by atoms with Crippen LogP contribution in [0.5, 0.6) is 5.75 Å². The lowest BCUT2D eigenvalue weighted by molar-refractivity contribution is -0.131. The van der Waals surface area contributed by atoms with E-state index in [1.165, 1.54) is 21.1 Å². The summed E-state index contributed by atoms with van der Waals surface area (Å²) in [5.41, 5.74) is 15.9. The van der Waals surface area contributed by atoms with Gasteiger partial charge in [-0.05, 0) is 25.7 Å². The first-order valence-corrected chi connectivity index (χ1v) is 9.23. The van der Waals surface area contributed by atoms with Crippen molar-refractivity contribution in [2.75, 3.05) is 27.7 Å². The third-order valence-electron chi connectivity index (χ3n) is 3.63. The zero-order chi connectivity index (χ0) is 22.9. The Morgan fingerprint density at radius 2 is 1.50 bits per heavy atom. The van der Waals surface area contributed by atoms with Crippen molar-refractivity contribution < 1.29 is 19.1 Å². The van der Waals surface area contributed by atoms with Crippen molar-refractivity contribution in [2.24, 2.45) is 17.2 Å². The molecule has 0 aliphatic rings. The molecule has 0 radical (unpaired) electrons. The molecule has 0 spiro atoms. The van der Waals surface area contributed by atoms with Crippen molar-refractivity contribution in [3.05, 3.63) is 54.6 Å². The second-order valence-corrected chi connectivity index (χ2v) is 5.56. The Hall–Kier alpha value is -3.43. The third-order valence-corrected chi connectivity index (χ3v) is 3.63. The number of nitrogens with two attached hydrogens (primary N) is 3. The van der Waals surface area contributed by atoms with Gasteiger partial charge in [-0.25, -0.2) is 0 Å². The van der Waals surface area contributed by atoms with E-state index >= 15 is 0 Å². The largest absolute Gasteiger partial charge is 0.483 e. The first kappa shape index (κ1) is 26.6. The lowest BCUT2D eigenvalue weighted by atomic mass is 10.1. The maximum absolute atomic E-state index is 12.1. The Balaban J connectivity index is 0.00000198. The summed E-state index contributed by atoms with van der Waals surface area (Å²) < 4.78 is 5.61. The molecule has 2 aromatic carbocycles. The quantitative estimate of drug-likeness (QED) is 0.405. The maximum Gasteiger partial charge on any atom is 0.258 e. The number of nitrogens with one attached hydrogen (secondary N) is 2. The van der Waals surface area contributed by atoms with Crippen molar-refractivity contribution in [3.8, 4) is 16.9 Å². The molecule has 0 aliphatic heterocycles. The van der Waals surface area contributed by atoms with E-state index in [9.17, 15) is 14.4 Å². The van der Waals surface area contributed by atoms with Crippen LogP contribution in [0, 0.1) is 0 Å². The Bertz CT molecular complexity index is 784. The Labute approximate surface area is 177 Å². The molecule has 0 saturated carbocycles. The van der Waals surface area contributed by atoms with Crippen molar-refractivity contribution in [1.82, 2.24) is 10.6 Å². The summed E-state index contributed by atoms with van der Waals surface area (Å²) in [6, 6.07) is 15.9. The normalized spacial score (nSPS) is 10.2. The van der Waals surface area contributed by atoms with E-state index in [0.717, 1.165) is 11.1 Å². The maximum atomic E-state index is 12.1. The molecule has 3 amide bonds. The van der Waals surface area contributed by atoms with Gasteiger partial charge in [0.25, 0.3) is 5.91 Å². The zero-order valence-corrected chi connectivity index (χ0v) is 17.6. The number of likely N-dealkylation sites (N-methyl/N-ethyl adjacent to an activating group) is 1. The molecule has 0 heterocycles. The number of para-hydroxylation sites is 1. The van der Waals surface area contributed by atoms with Gasteiger partial charge in [0.2, 0.25) is 11.8 Å². The van der Waals surface area contributed by atoms with E-state index in [-0.39, 0.29) is 13.0 Å². The summed E-state index contributed by atoms with van der Waals surface area (Å²) in [6.07, 6.45) is -0.286. The Morgan fingerprint density at radius 3 is 2.07 bits per heavy atom. The number of ether oxygens (including phenoxy) is 1. The third kappa shape index (κ3) is 9.18. The van der Waals surface area contributed by atoms with E-state index in [1.54, 1.807) is 12.1 Å². The van der Waals surface area contributed by atoms with Gasteiger partial charge in [0.1, 0.15) is 11.8 Å². The van der Waals surface area contributed by atoms with Gasteiger partial charge in [-0.15, -0.1) is 0 Å². The van der Waals surface area contributed by atoms with Gasteiger partial charge in [-0.2, -0.15) is 0 Å². The molecule has 1 atom stereocenters. The number of amides is 3. The van der Waals surface area contributed by atoms with Crippen molar-refractivity contribution >= 4 is 17.7 Å². The highest BCUT2D eigenvalue weighted by Gasteiger charge is 2.22. The fourth-order valence-corrected chi connectivity index (χ4v) is 2.41. The number of benzene rings is 2. The second-order valence-electron chi connectivity index (χ2n) is 5.56. The van der Waals surface area contributed by atoms with Crippen LogP contribution in [-0.4, -0.2) is 51.5 Å². The highest BCUT2D eigenvalue weighted by atomic mass is 16.5. The van der Waals surface area contributed by atoms with Crippen LogP contribution in [0.2, 0.25) is 0 Å². The van der Waals surface area contributed by atoms with Crippen molar-refractivity contribution in [1.29, 1.82) is 0 Å². The minimum absolute atomic E-state index is 0.286. The van der Waals surface area contributed by atoms with Gasteiger partial charge < -0.3 is 32.6 Å². The van der Waals surface area contributed by atoms with Crippen LogP contribution < -0.4 is 32.6 Å². The highest BCUT2D eigenvalue weighted by molar-refractivity contribution is 5.91. The van der Waals surface area contributed by atoms with Gasteiger partial charge >= 0.3 is 0 Å². The molecular formula is C21H31N5O4. The molecule has 30 heavy (non-hydrogen) atoms. The summed E-state index contributed by atoms with van der Waals surface area (Å²) in [7, 11) is 4.41. The summed E-state index contributed by atoms with van der Waals surface area (Å²) in [5, 5.41) is 4.83. The van der Waals surface area contributed by atoms with E-state index in [0.29, 0.717) is 5.75 Å². The molecule has 9 nitrogen and oxygen atoms in total. The monoisotopic (exact) mass is 417 g/mol. The average molecular weight is 418 g/mol. The van der Waals surface area contributed by atoms with E-state index < -0.39 is 23.8 Å². The number of hydrogen-bond acceptors (Lipinski definition) is 6.